The lowest BCUT2D eigenvalue weighted by molar-refractivity contribution is -0.143. The number of benzene rings is 1. The monoisotopic (exact) mass is 315 g/mol. The summed E-state index contributed by atoms with van der Waals surface area (Å²) in [5, 5.41) is 0. The van der Waals surface area contributed by atoms with Crippen molar-refractivity contribution in [1.82, 2.24) is 4.90 Å². The summed E-state index contributed by atoms with van der Waals surface area (Å²) in [4.78, 5) is 26.6. The SMILES string of the molecule is Cc1cc(C)c(OC(=O)C2CCCN(C(=O)C3CC3)C2)c(C)c1. The summed E-state index contributed by atoms with van der Waals surface area (Å²) in [6, 6.07) is 4.05. The minimum atomic E-state index is -0.202. The number of piperidine rings is 1. The van der Waals surface area contributed by atoms with Crippen LogP contribution in [0.4, 0.5) is 0 Å². The number of likely N-dealkylation sites (tertiary alicyclic amines) is 1. The van der Waals surface area contributed by atoms with Crippen molar-refractivity contribution < 1.29 is 14.3 Å². The first-order valence-electron chi connectivity index (χ1n) is 8.54. The quantitative estimate of drug-likeness (QED) is 0.636. The molecule has 4 nitrogen and oxygen atoms in total. The predicted octanol–water partition coefficient (Wildman–Crippen LogP) is 3.17. The Morgan fingerprint density at radius 1 is 1.04 bits per heavy atom. The molecule has 0 spiro atoms. The average molecular weight is 315 g/mol. The Balaban J connectivity index is 1.67. The van der Waals surface area contributed by atoms with E-state index in [0.717, 1.165) is 43.4 Å². The molecule has 23 heavy (non-hydrogen) atoms. The van der Waals surface area contributed by atoms with Gasteiger partial charge in [0.05, 0.1) is 5.92 Å². The van der Waals surface area contributed by atoms with Gasteiger partial charge >= 0.3 is 5.97 Å². The molecule has 1 aromatic carbocycles. The second-order valence-electron chi connectivity index (χ2n) is 7.05. The molecule has 1 amide bonds. The maximum atomic E-state index is 12.6. The van der Waals surface area contributed by atoms with Crippen molar-refractivity contribution in [3.63, 3.8) is 0 Å². The molecule has 3 rings (SSSR count). The summed E-state index contributed by atoms with van der Waals surface area (Å²) in [5.41, 5.74) is 3.13. The van der Waals surface area contributed by atoms with E-state index < -0.39 is 0 Å². The molecule has 2 fully saturated rings. The van der Waals surface area contributed by atoms with Crippen molar-refractivity contribution in [2.75, 3.05) is 13.1 Å². The normalized spacial score (nSPS) is 21.2. The van der Waals surface area contributed by atoms with E-state index in [1.54, 1.807) is 0 Å². The van der Waals surface area contributed by atoms with Crippen LogP contribution in [0, 0.1) is 32.6 Å². The molecule has 0 aromatic heterocycles. The average Bonchev–Trinajstić information content (AvgIpc) is 3.35. The summed E-state index contributed by atoms with van der Waals surface area (Å²) in [6.07, 6.45) is 3.69. The molecule has 0 bridgehead atoms. The highest BCUT2D eigenvalue weighted by Gasteiger charge is 2.37. The fourth-order valence-corrected chi connectivity index (χ4v) is 3.47. The van der Waals surface area contributed by atoms with Gasteiger partial charge in [-0.15, -0.1) is 0 Å². The number of hydrogen-bond donors (Lipinski definition) is 0. The van der Waals surface area contributed by atoms with E-state index in [9.17, 15) is 9.59 Å². The molecule has 1 heterocycles. The van der Waals surface area contributed by atoms with Gasteiger partial charge in [0, 0.05) is 19.0 Å². The Morgan fingerprint density at radius 2 is 1.70 bits per heavy atom. The van der Waals surface area contributed by atoms with Crippen LogP contribution in [0.25, 0.3) is 0 Å². The molecular formula is C19H25NO3. The van der Waals surface area contributed by atoms with Crippen LogP contribution in [0.5, 0.6) is 5.75 Å². The maximum Gasteiger partial charge on any atom is 0.316 e. The van der Waals surface area contributed by atoms with Gasteiger partial charge in [0.1, 0.15) is 5.75 Å². The Morgan fingerprint density at radius 3 is 2.30 bits per heavy atom. The van der Waals surface area contributed by atoms with Crippen LogP contribution in [-0.4, -0.2) is 29.9 Å². The van der Waals surface area contributed by atoms with Gasteiger partial charge in [-0.2, -0.15) is 0 Å². The van der Waals surface area contributed by atoms with Crippen LogP contribution in [0.3, 0.4) is 0 Å². The second-order valence-corrected chi connectivity index (χ2v) is 7.05. The third kappa shape index (κ3) is 3.57. The Bertz CT molecular complexity index is 610. The standard InChI is InChI=1S/C19H25NO3/c1-12-9-13(2)17(14(3)10-12)23-19(22)16-5-4-8-20(11-16)18(21)15-6-7-15/h9-10,15-16H,4-8,11H2,1-3H3. The van der Waals surface area contributed by atoms with Gasteiger partial charge in [-0.3, -0.25) is 9.59 Å². The third-order valence-corrected chi connectivity index (χ3v) is 4.80. The van der Waals surface area contributed by atoms with E-state index >= 15 is 0 Å². The summed E-state index contributed by atoms with van der Waals surface area (Å²) in [6.45, 7) is 7.26. The largest absolute Gasteiger partial charge is 0.426 e. The number of aryl methyl sites for hydroxylation is 3. The van der Waals surface area contributed by atoms with Crippen LogP contribution >= 0.6 is 0 Å². The fourth-order valence-electron chi connectivity index (χ4n) is 3.47. The molecule has 1 aliphatic heterocycles. The highest BCUT2D eigenvalue weighted by Crippen LogP contribution is 2.33. The van der Waals surface area contributed by atoms with Crippen LogP contribution < -0.4 is 4.74 Å². The Hall–Kier alpha value is -1.84. The van der Waals surface area contributed by atoms with Crippen LogP contribution in [0.1, 0.15) is 42.4 Å². The summed E-state index contributed by atoms with van der Waals surface area (Å²) >= 11 is 0. The van der Waals surface area contributed by atoms with E-state index in [2.05, 4.69) is 0 Å². The molecule has 1 aromatic rings. The van der Waals surface area contributed by atoms with Crippen molar-refractivity contribution >= 4 is 11.9 Å². The van der Waals surface area contributed by atoms with Crippen molar-refractivity contribution in [3.05, 3.63) is 28.8 Å². The molecule has 1 saturated carbocycles. The van der Waals surface area contributed by atoms with E-state index in [1.807, 2.05) is 37.8 Å². The van der Waals surface area contributed by atoms with Gasteiger partial charge in [-0.1, -0.05) is 17.7 Å². The maximum absolute atomic E-state index is 12.6. The van der Waals surface area contributed by atoms with E-state index in [-0.39, 0.29) is 23.7 Å². The number of ether oxygens (including phenoxy) is 1. The molecule has 1 atom stereocenters. The van der Waals surface area contributed by atoms with Gasteiger partial charge in [0.15, 0.2) is 0 Å². The van der Waals surface area contributed by atoms with Gasteiger partial charge in [-0.25, -0.2) is 0 Å². The van der Waals surface area contributed by atoms with Gasteiger partial charge in [0.25, 0.3) is 0 Å². The number of amides is 1. The van der Waals surface area contributed by atoms with Crippen LogP contribution in [0.2, 0.25) is 0 Å². The number of carbonyl (C=O) groups excluding carboxylic acids is 2. The molecule has 1 saturated heterocycles. The van der Waals surface area contributed by atoms with Crippen LogP contribution in [0.15, 0.2) is 12.1 Å². The third-order valence-electron chi connectivity index (χ3n) is 4.80. The Kier molecular flexibility index (Phi) is 4.42. The van der Waals surface area contributed by atoms with Crippen molar-refractivity contribution in [3.8, 4) is 5.75 Å². The fraction of sp³-hybridized carbons (Fsp3) is 0.579. The predicted molar refractivity (Wildman–Crippen MR) is 88.3 cm³/mol. The van der Waals surface area contributed by atoms with E-state index in [1.165, 1.54) is 5.56 Å². The lowest BCUT2D eigenvalue weighted by atomic mass is 9.97. The first-order valence-corrected chi connectivity index (χ1v) is 8.54. The molecule has 1 unspecified atom stereocenters. The molecule has 2 aliphatic rings. The number of carbonyl (C=O) groups is 2. The molecule has 0 N–H and O–H groups in total. The minimum Gasteiger partial charge on any atom is -0.426 e. The summed E-state index contributed by atoms with van der Waals surface area (Å²) in [5.74, 6) is 0.711. The zero-order valence-corrected chi connectivity index (χ0v) is 14.2. The summed E-state index contributed by atoms with van der Waals surface area (Å²) in [7, 11) is 0. The lowest BCUT2D eigenvalue weighted by Gasteiger charge is -2.31. The zero-order valence-electron chi connectivity index (χ0n) is 14.2. The minimum absolute atomic E-state index is 0.201. The molecule has 4 heteroatoms. The first-order chi connectivity index (χ1) is 11.0. The topological polar surface area (TPSA) is 46.6 Å². The van der Waals surface area contributed by atoms with Crippen molar-refractivity contribution in [2.45, 2.75) is 46.5 Å². The second kappa shape index (κ2) is 6.34. The van der Waals surface area contributed by atoms with Gasteiger partial charge < -0.3 is 9.64 Å². The number of rotatable bonds is 3. The number of esters is 1. The van der Waals surface area contributed by atoms with Gasteiger partial charge in [-0.05, 0) is 57.6 Å². The number of hydrogen-bond acceptors (Lipinski definition) is 3. The van der Waals surface area contributed by atoms with E-state index in [4.69, 9.17) is 4.74 Å². The molecule has 1 aliphatic carbocycles. The smallest absolute Gasteiger partial charge is 0.316 e. The van der Waals surface area contributed by atoms with Crippen molar-refractivity contribution in [2.24, 2.45) is 11.8 Å². The first kappa shape index (κ1) is 16.0. The highest BCUT2D eigenvalue weighted by atomic mass is 16.5. The molecular weight excluding hydrogens is 290 g/mol. The van der Waals surface area contributed by atoms with Crippen LogP contribution in [-0.2, 0) is 9.59 Å². The van der Waals surface area contributed by atoms with E-state index in [0.29, 0.717) is 12.3 Å². The number of nitrogens with zero attached hydrogens (tertiary/aromatic N) is 1. The van der Waals surface area contributed by atoms with Crippen molar-refractivity contribution in [1.29, 1.82) is 0 Å². The lowest BCUT2D eigenvalue weighted by Crippen LogP contribution is -2.44. The Labute approximate surface area is 137 Å². The summed E-state index contributed by atoms with van der Waals surface area (Å²) < 4.78 is 5.70. The highest BCUT2D eigenvalue weighted by molar-refractivity contribution is 5.82. The molecule has 124 valence electrons. The zero-order chi connectivity index (χ0) is 16.6. The van der Waals surface area contributed by atoms with Gasteiger partial charge in [0.2, 0.25) is 5.91 Å². The molecule has 0 radical (unpaired) electrons.